The summed E-state index contributed by atoms with van der Waals surface area (Å²) >= 11 is 5.82. The molecule has 0 unspecified atom stereocenters. The summed E-state index contributed by atoms with van der Waals surface area (Å²) in [5, 5.41) is 22.6. The van der Waals surface area contributed by atoms with E-state index in [1.165, 1.54) is 18.2 Å². The summed E-state index contributed by atoms with van der Waals surface area (Å²) in [4.78, 5) is 24.4. The highest BCUT2D eigenvalue weighted by Gasteiger charge is 2.19. The molecule has 120 valence electrons. The van der Waals surface area contributed by atoms with Gasteiger partial charge in [-0.2, -0.15) is 0 Å². The number of nitro benzene ring substituents is 2. The van der Waals surface area contributed by atoms with Gasteiger partial charge >= 0.3 is 0 Å². The van der Waals surface area contributed by atoms with Gasteiger partial charge in [-0.25, -0.2) is 0 Å². The summed E-state index contributed by atoms with van der Waals surface area (Å²) in [6, 6.07) is 13.9. The van der Waals surface area contributed by atoms with Gasteiger partial charge in [-0.05, 0) is 30.3 Å². The zero-order chi connectivity index (χ0) is 17.3. The van der Waals surface area contributed by atoms with Gasteiger partial charge in [-0.15, -0.1) is 0 Å². The van der Waals surface area contributed by atoms with Crippen molar-refractivity contribution in [2.24, 2.45) is 0 Å². The van der Waals surface area contributed by atoms with Crippen molar-refractivity contribution in [3.8, 4) is 22.5 Å². The molecule has 0 aliphatic heterocycles. The van der Waals surface area contributed by atoms with Crippen molar-refractivity contribution < 1.29 is 9.85 Å². The number of rotatable bonds is 4. The van der Waals surface area contributed by atoms with E-state index in [2.05, 4.69) is 4.98 Å². The van der Waals surface area contributed by atoms with Crippen LogP contribution in [0, 0.1) is 20.2 Å². The van der Waals surface area contributed by atoms with E-state index in [9.17, 15) is 20.2 Å². The van der Waals surface area contributed by atoms with Crippen LogP contribution < -0.4 is 0 Å². The molecular weight excluding hydrogens is 334 g/mol. The number of hydrogen-bond donors (Lipinski definition) is 1. The number of H-pyrrole nitrogens is 1. The monoisotopic (exact) mass is 343 g/mol. The predicted molar refractivity (Wildman–Crippen MR) is 90.0 cm³/mol. The van der Waals surface area contributed by atoms with E-state index in [4.69, 9.17) is 11.6 Å². The van der Waals surface area contributed by atoms with Gasteiger partial charge in [0.05, 0.1) is 32.4 Å². The summed E-state index contributed by atoms with van der Waals surface area (Å²) in [5.74, 6) is 0. The standard InChI is InChI=1S/C16H10ClN3O4/c17-10-5-6-12(16(9-10)20(23)24)14-8-7-13(18-14)11-3-1-2-4-15(11)19(21)22/h1-9,18H. The molecule has 8 heteroatoms. The Bertz CT molecular complexity index is 952. The minimum Gasteiger partial charge on any atom is -0.354 e. The van der Waals surface area contributed by atoms with Crippen LogP contribution in [0.5, 0.6) is 0 Å². The fourth-order valence-electron chi connectivity index (χ4n) is 2.45. The number of nitrogens with one attached hydrogen (secondary N) is 1. The topological polar surface area (TPSA) is 102 Å². The average Bonchev–Trinajstić information content (AvgIpc) is 3.04. The van der Waals surface area contributed by atoms with Crippen molar-refractivity contribution in [2.45, 2.75) is 0 Å². The Morgan fingerprint density at radius 3 is 2.00 bits per heavy atom. The minimum atomic E-state index is -0.521. The normalized spacial score (nSPS) is 10.5. The third-order valence-electron chi connectivity index (χ3n) is 3.52. The van der Waals surface area contributed by atoms with Crippen molar-refractivity contribution in [2.75, 3.05) is 0 Å². The molecule has 1 aromatic heterocycles. The van der Waals surface area contributed by atoms with Gasteiger partial charge in [0.25, 0.3) is 11.4 Å². The molecule has 0 radical (unpaired) electrons. The first kappa shape index (κ1) is 15.7. The average molecular weight is 344 g/mol. The molecule has 3 aromatic rings. The molecule has 0 fully saturated rings. The van der Waals surface area contributed by atoms with E-state index in [-0.39, 0.29) is 16.4 Å². The van der Waals surface area contributed by atoms with Crippen molar-refractivity contribution in [1.29, 1.82) is 0 Å². The smallest absolute Gasteiger partial charge is 0.280 e. The van der Waals surface area contributed by atoms with Gasteiger partial charge in [0.2, 0.25) is 0 Å². The number of halogens is 1. The fraction of sp³-hybridized carbons (Fsp3) is 0. The van der Waals surface area contributed by atoms with E-state index >= 15 is 0 Å². The van der Waals surface area contributed by atoms with Crippen LogP contribution in [0.15, 0.2) is 54.6 Å². The fourth-order valence-corrected chi connectivity index (χ4v) is 2.62. The number of nitrogens with zero attached hydrogens (tertiary/aromatic N) is 2. The summed E-state index contributed by atoms with van der Waals surface area (Å²) in [6.45, 7) is 0. The van der Waals surface area contributed by atoms with Crippen LogP contribution in [0.1, 0.15) is 0 Å². The lowest BCUT2D eigenvalue weighted by atomic mass is 10.1. The van der Waals surface area contributed by atoms with Crippen LogP contribution in [0.4, 0.5) is 11.4 Å². The maximum Gasteiger partial charge on any atom is 0.280 e. The van der Waals surface area contributed by atoms with Gasteiger partial charge in [0.1, 0.15) is 0 Å². The van der Waals surface area contributed by atoms with E-state index in [1.54, 1.807) is 36.4 Å². The number of nitro groups is 2. The second kappa shape index (κ2) is 6.13. The third-order valence-corrected chi connectivity index (χ3v) is 3.76. The molecule has 3 rings (SSSR count). The zero-order valence-corrected chi connectivity index (χ0v) is 12.9. The highest BCUT2D eigenvalue weighted by molar-refractivity contribution is 6.30. The zero-order valence-electron chi connectivity index (χ0n) is 12.1. The molecule has 1 heterocycles. The van der Waals surface area contributed by atoms with Crippen LogP contribution in [0.25, 0.3) is 22.5 Å². The molecule has 0 amide bonds. The maximum absolute atomic E-state index is 11.2. The molecular formula is C16H10ClN3O4. The Hall–Kier alpha value is -3.19. The molecule has 2 aromatic carbocycles. The Balaban J connectivity index is 2.10. The number of benzene rings is 2. The van der Waals surface area contributed by atoms with Crippen molar-refractivity contribution in [1.82, 2.24) is 4.98 Å². The lowest BCUT2D eigenvalue weighted by Gasteiger charge is -2.03. The Morgan fingerprint density at radius 2 is 1.38 bits per heavy atom. The molecule has 0 atom stereocenters. The van der Waals surface area contributed by atoms with Crippen LogP contribution in [0.3, 0.4) is 0 Å². The van der Waals surface area contributed by atoms with Crippen LogP contribution >= 0.6 is 11.6 Å². The number of para-hydroxylation sites is 1. The van der Waals surface area contributed by atoms with Crippen molar-refractivity contribution >= 4 is 23.0 Å². The first-order valence-corrected chi connectivity index (χ1v) is 7.22. The van der Waals surface area contributed by atoms with Gasteiger partial charge in [-0.3, -0.25) is 20.2 Å². The molecule has 0 spiro atoms. The molecule has 7 nitrogen and oxygen atoms in total. The highest BCUT2D eigenvalue weighted by atomic mass is 35.5. The largest absolute Gasteiger partial charge is 0.354 e. The van der Waals surface area contributed by atoms with Gasteiger partial charge in [-0.1, -0.05) is 23.7 Å². The summed E-state index contributed by atoms with van der Waals surface area (Å²) in [6.07, 6.45) is 0. The Morgan fingerprint density at radius 1 is 0.792 bits per heavy atom. The SMILES string of the molecule is O=[N+]([O-])c1ccccc1-c1ccc(-c2ccc(Cl)cc2[N+](=O)[O-])[nH]1. The minimum absolute atomic E-state index is 0.0449. The van der Waals surface area contributed by atoms with Crippen LogP contribution in [0.2, 0.25) is 5.02 Å². The Labute approximate surface area is 140 Å². The molecule has 0 saturated carbocycles. The lowest BCUT2D eigenvalue weighted by Crippen LogP contribution is -1.93. The number of hydrogen-bond acceptors (Lipinski definition) is 4. The number of aromatic amines is 1. The Kier molecular flexibility index (Phi) is 4.01. The quantitative estimate of drug-likeness (QED) is 0.541. The van der Waals surface area contributed by atoms with E-state index in [1.807, 2.05) is 0 Å². The molecule has 1 N–H and O–H groups in total. The van der Waals surface area contributed by atoms with E-state index in [0.29, 0.717) is 22.5 Å². The number of aromatic nitrogens is 1. The van der Waals surface area contributed by atoms with Gasteiger partial charge < -0.3 is 4.98 Å². The maximum atomic E-state index is 11.2. The molecule has 0 aliphatic carbocycles. The van der Waals surface area contributed by atoms with Gasteiger partial charge in [0, 0.05) is 17.2 Å². The molecule has 0 saturated heterocycles. The summed E-state index contributed by atoms with van der Waals surface area (Å²) in [5.41, 5.74) is 1.56. The molecule has 0 aliphatic rings. The molecule has 24 heavy (non-hydrogen) atoms. The first-order valence-electron chi connectivity index (χ1n) is 6.84. The molecule has 0 bridgehead atoms. The second-order valence-electron chi connectivity index (χ2n) is 4.98. The predicted octanol–water partition coefficient (Wildman–Crippen LogP) is 4.82. The highest BCUT2D eigenvalue weighted by Crippen LogP contribution is 2.35. The third kappa shape index (κ3) is 2.84. The summed E-state index contributed by atoms with van der Waals surface area (Å²) < 4.78 is 0. The van der Waals surface area contributed by atoms with Crippen molar-refractivity contribution in [3.63, 3.8) is 0 Å². The second-order valence-corrected chi connectivity index (χ2v) is 5.41. The van der Waals surface area contributed by atoms with Crippen LogP contribution in [-0.2, 0) is 0 Å². The lowest BCUT2D eigenvalue weighted by molar-refractivity contribution is -0.384. The van der Waals surface area contributed by atoms with E-state index < -0.39 is 9.85 Å². The van der Waals surface area contributed by atoms with E-state index in [0.717, 1.165) is 0 Å². The first-order chi connectivity index (χ1) is 11.5. The van der Waals surface area contributed by atoms with Gasteiger partial charge in [0.15, 0.2) is 0 Å². The van der Waals surface area contributed by atoms with Crippen LogP contribution in [-0.4, -0.2) is 14.8 Å². The van der Waals surface area contributed by atoms with Crippen molar-refractivity contribution in [3.05, 3.63) is 79.8 Å². The summed E-state index contributed by atoms with van der Waals surface area (Å²) in [7, 11) is 0.